The lowest BCUT2D eigenvalue weighted by molar-refractivity contribution is 0.102. The summed E-state index contributed by atoms with van der Waals surface area (Å²) in [5.41, 5.74) is 1.84. The van der Waals surface area contributed by atoms with Crippen LogP contribution >= 0.6 is 11.6 Å². The van der Waals surface area contributed by atoms with E-state index in [0.29, 0.717) is 34.2 Å². The highest BCUT2D eigenvalue weighted by Crippen LogP contribution is 2.28. The van der Waals surface area contributed by atoms with Crippen molar-refractivity contribution in [2.75, 3.05) is 12.4 Å². The third-order valence-electron chi connectivity index (χ3n) is 3.66. The van der Waals surface area contributed by atoms with Crippen molar-refractivity contribution in [3.8, 4) is 11.5 Å². The van der Waals surface area contributed by atoms with Crippen molar-refractivity contribution in [2.24, 2.45) is 0 Å². The van der Waals surface area contributed by atoms with E-state index in [0.717, 1.165) is 0 Å². The number of amides is 1. The molecule has 2 heterocycles. The fraction of sp³-hybridized carbons (Fsp3) is 0.176. The Bertz CT molecular complexity index is 921. The number of carbonyl (C=O) groups excluding carboxylic acids is 1. The third-order valence-corrected chi connectivity index (χ3v) is 3.90. The number of rotatable bonds is 4. The average molecular weight is 346 g/mol. The molecule has 0 fully saturated rings. The number of nitrogens with zero attached hydrogens (tertiary/aromatic N) is 2. The van der Waals surface area contributed by atoms with Crippen LogP contribution in [-0.2, 0) is 6.42 Å². The van der Waals surface area contributed by atoms with E-state index < -0.39 is 0 Å². The maximum absolute atomic E-state index is 12.8. The van der Waals surface area contributed by atoms with Gasteiger partial charge in [0.25, 0.3) is 5.91 Å². The Labute approximate surface area is 143 Å². The lowest BCUT2D eigenvalue weighted by atomic mass is 10.2. The standard InChI is InChI=1S/C17H16ClN3O3/c1-3-11-15(21-8-4-5-14(24-2)16(21)19-11)17(23)20-12-9-10(18)6-7-13(12)22/h4-9,22H,3H2,1-2H3,(H,20,23). The second-order valence-electron chi connectivity index (χ2n) is 5.15. The predicted octanol–water partition coefficient (Wildman–Crippen LogP) is 3.52. The monoisotopic (exact) mass is 345 g/mol. The average Bonchev–Trinajstić information content (AvgIpc) is 2.96. The minimum atomic E-state index is -0.384. The number of carbonyl (C=O) groups is 1. The summed E-state index contributed by atoms with van der Waals surface area (Å²) in [6, 6.07) is 8.02. The molecule has 0 saturated carbocycles. The van der Waals surface area contributed by atoms with Gasteiger partial charge in [-0.1, -0.05) is 18.5 Å². The van der Waals surface area contributed by atoms with E-state index in [1.807, 2.05) is 6.92 Å². The van der Waals surface area contributed by atoms with Gasteiger partial charge in [0.1, 0.15) is 11.4 Å². The first-order valence-electron chi connectivity index (χ1n) is 7.39. The molecule has 1 aromatic carbocycles. The van der Waals surface area contributed by atoms with Crippen molar-refractivity contribution >= 4 is 28.8 Å². The maximum atomic E-state index is 12.8. The molecule has 7 heteroatoms. The zero-order chi connectivity index (χ0) is 17.3. The van der Waals surface area contributed by atoms with Crippen LogP contribution in [0.4, 0.5) is 5.69 Å². The van der Waals surface area contributed by atoms with E-state index in [-0.39, 0.29) is 17.3 Å². The molecule has 24 heavy (non-hydrogen) atoms. The van der Waals surface area contributed by atoms with Crippen LogP contribution in [0.15, 0.2) is 36.5 Å². The van der Waals surface area contributed by atoms with Crippen LogP contribution in [0.25, 0.3) is 5.65 Å². The van der Waals surface area contributed by atoms with Gasteiger partial charge in [-0.15, -0.1) is 0 Å². The molecule has 0 aliphatic rings. The maximum Gasteiger partial charge on any atom is 0.274 e. The molecule has 1 amide bonds. The summed E-state index contributed by atoms with van der Waals surface area (Å²) in [4.78, 5) is 17.3. The van der Waals surface area contributed by atoms with E-state index in [1.54, 1.807) is 35.9 Å². The molecular weight excluding hydrogens is 330 g/mol. The van der Waals surface area contributed by atoms with Crippen LogP contribution in [0.2, 0.25) is 5.02 Å². The second kappa shape index (κ2) is 6.41. The van der Waals surface area contributed by atoms with Gasteiger partial charge >= 0.3 is 0 Å². The number of phenolic OH excluding ortho intramolecular Hbond substituents is 1. The Morgan fingerprint density at radius 2 is 2.21 bits per heavy atom. The smallest absolute Gasteiger partial charge is 0.274 e. The van der Waals surface area contributed by atoms with Crippen LogP contribution < -0.4 is 10.1 Å². The highest BCUT2D eigenvalue weighted by atomic mass is 35.5. The number of aromatic hydroxyl groups is 1. The molecule has 3 aromatic rings. The van der Waals surface area contributed by atoms with Crippen LogP contribution in [0.1, 0.15) is 23.1 Å². The predicted molar refractivity (Wildman–Crippen MR) is 92.2 cm³/mol. The summed E-state index contributed by atoms with van der Waals surface area (Å²) in [5, 5.41) is 13.0. The number of halogens is 1. The highest BCUT2D eigenvalue weighted by molar-refractivity contribution is 6.31. The molecule has 0 radical (unpaired) electrons. The number of methoxy groups -OCH3 is 1. The molecule has 124 valence electrons. The number of aryl methyl sites for hydroxylation is 1. The van der Waals surface area contributed by atoms with Gasteiger partial charge in [0, 0.05) is 11.2 Å². The molecule has 0 aliphatic heterocycles. The molecular formula is C17H16ClN3O3. The van der Waals surface area contributed by atoms with Gasteiger partial charge in [-0.05, 0) is 36.8 Å². The summed E-state index contributed by atoms with van der Waals surface area (Å²) in [5.74, 6) is 0.138. The number of hydrogen-bond donors (Lipinski definition) is 2. The number of hydrogen-bond acceptors (Lipinski definition) is 4. The van der Waals surface area contributed by atoms with Gasteiger partial charge in [0.05, 0.1) is 18.5 Å². The van der Waals surface area contributed by atoms with E-state index in [1.165, 1.54) is 12.1 Å². The number of phenols is 1. The van der Waals surface area contributed by atoms with Crippen molar-refractivity contribution in [3.63, 3.8) is 0 Å². The minimum absolute atomic E-state index is 0.0581. The Kier molecular flexibility index (Phi) is 4.31. The van der Waals surface area contributed by atoms with Gasteiger partial charge in [0.2, 0.25) is 0 Å². The molecule has 3 rings (SSSR count). The lowest BCUT2D eigenvalue weighted by Crippen LogP contribution is -2.16. The van der Waals surface area contributed by atoms with Gasteiger partial charge in [0.15, 0.2) is 11.4 Å². The van der Waals surface area contributed by atoms with Crippen molar-refractivity contribution in [2.45, 2.75) is 13.3 Å². The zero-order valence-electron chi connectivity index (χ0n) is 13.2. The van der Waals surface area contributed by atoms with Crippen molar-refractivity contribution in [1.29, 1.82) is 0 Å². The van der Waals surface area contributed by atoms with Gasteiger partial charge < -0.3 is 15.2 Å². The highest BCUT2D eigenvalue weighted by Gasteiger charge is 2.21. The van der Waals surface area contributed by atoms with Crippen LogP contribution in [0, 0.1) is 0 Å². The first-order valence-corrected chi connectivity index (χ1v) is 7.76. The molecule has 2 N–H and O–H groups in total. The number of imidazole rings is 1. The molecule has 6 nitrogen and oxygen atoms in total. The topological polar surface area (TPSA) is 75.9 Å². The van der Waals surface area contributed by atoms with Crippen molar-refractivity contribution in [1.82, 2.24) is 9.38 Å². The third kappa shape index (κ3) is 2.76. The van der Waals surface area contributed by atoms with Gasteiger partial charge in [-0.2, -0.15) is 0 Å². The summed E-state index contributed by atoms with van der Waals surface area (Å²) >= 11 is 5.92. The Hall–Kier alpha value is -2.73. The van der Waals surface area contributed by atoms with Crippen LogP contribution in [0.3, 0.4) is 0 Å². The van der Waals surface area contributed by atoms with Gasteiger partial charge in [-0.25, -0.2) is 4.98 Å². The largest absolute Gasteiger partial charge is 0.506 e. The fourth-order valence-electron chi connectivity index (χ4n) is 2.53. The molecule has 0 bridgehead atoms. The lowest BCUT2D eigenvalue weighted by Gasteiger charge is -2.09. The number of nitrogens with one attached hydrogen (secondary N) is 1. The first-order chi connectivity index (χ1) is 11.5. The minimum Gasteiger partial charge on any atom is -0.506 e. The summed E-state index contributed by atoms with van der Waals surface area (Å²) in [7, 11) is 1.55. The van der Waals surface area contributed by atoms with Crippen LogP contribution in [0.5, 0.6) is 11.5 Å². The molecule has 0 aliphatic carbocycles. The summed E-state index contributed by atoms with van der Waals surface area (Å²) in [6.07, 6.45) is 2.33. The SMILES string of the molecule is CCc1nc2c(OC)cccn2c1C(=O)Nc1cc(Cl)ccc1O. The van der Waals surface area contributed by atoms with E-state index in [9.17, 15) is 9.90 Å². The summed E-state index contributed by atoms with van der Waals surface area (Å²) in [6.45, 7) is 1.92. The van der Waals surface area contributed by atoms with E-state index in [4.69, 9.17) is 16.3 Å². The molecule has 0 unspecified atom stereocenters. The van der Waals surface area contributed by atoms with Crippen molar-refractivity contribution < 1.29 is 14.6 Å². The number of ether oxygens (including phenoxy) is 1. The second-order valence-corrected chi connectivity index (χ2v) is 5.58. The molecule has 0 atom stereocenters. The zero-order valence-corrected chi connectivity index (χ0v) is 14.0. The molecule has 0 saturated heterocycles. The molecule has 0 spiro atoms. The number of fused-ring (bicyclic) bond motifs is 1. The van der Waals surface area contributed by atoms with Gasteiger partial charge in [-0.3, -0.25) is 9.20 Å². The molecule has 2 aromatic heterocycles. The first kappa shape index (κ1) is 16.1. The quantitative estimate of drug-likeness (QED) is 0.709. The number of anilines is 1. The Morgan fingerprint density at radius 3 is 2.92 bits per heavy atom. The normalized spacial score (nSPS) is 10.8. The van der Waals surface area contributed by atoms with E-state index in [2.05, 4.69) is 10.3 Å². The summed E-state index contributed by atoms with van der Waals surface area (Å²) < 4.78 is 6.98. The van der Waals surface area contributed by atoms with E-state index >= 15 is 0 Å². The Balaban J connectivity index is 2.08. The van der Waals surface area contributed by atoms with Crippen LogP contribution in [-0.4, -0.2) is 27.5 Å². The number of benzene rings is 1. The fourth-order valence-corrected chi connectivity index (χ4v) is 2.70. The number of aromatic nitrogens is 2. The van der Waals surface area contributed by atoms with Crippen molar-refractivity contribution in [3.05, 3.63) is 52.9 Å². The number of pyridine rings is 1. The Morgan fingerprint density at radius 1 is 1.42 bits per heavy atom.